The Balaban J connectivity index is 1.65. The van der Waals surface area contributed by atoms with E-state index < -0.39 is 0 Å². The molecule has 5 heteroatoms. The fourth-order valence-corrected chi connectivity index (χ4v) is 4.25. The van der Waals surface area contributed by atoms with Crippen LogP contribution in [0.3, 0.4) is 0 Å². The van der Waals surface area contributed by atoms with Crippen LogP contribution in [-0.4, -0.2) is 26.3 Å². The first-order valence-corrected chi connectivity index (χ1v) is 8.83. The number of hydrogen-bond acceptors (Lipinski definition) is 4. The summed E-state index contributed by atoms with van der Waals surface area (Å²) in [7, 11) is 0. The lowest BCUT2D eigenvalue weighted by molar-refractivity contribution is 0.122. The van der Waals surface area contributed by atoms with Crippen LogP contribution in [0.5, 0.6) is 0 Å². The molecule has 1 aliphatic heterocycles. The second kappa shape index (κ2) is 6.81. The maximum Gasteiger partial charge on any atom is 0.0642 e. The van der Waals surface area contributed by atoms with E-state index >= 15 is 0 Å². The van der Waals surface area contributed by atoms with Crippen molar-refractivity contribution in [2.45, 2.75) is 13.0 Å². The molecule has 2 aromatic rings. The zero-order valence-corrected chi connectivity index (χ0v) is 14.4. The molecule has 0 amide bonds. The molecule has 1 aromatic carbocycles. The molecule has 2 heterocycles. The molecule has 0 spiro atoms. The summed E-state index contributed by atoms with van der Waals surface area (Å²) in [5, 5.41) is 5.66. The van der Waals surface area contributed by atoms with Crippen molar-refractivity contribution >= 4 is 38.6 Å². The Morgan fingerprint density at radius 2 is 1.90 bits per heavy atom. The third-order valence-electron chi connectivity index (χ3n) is 3.66. The average Bonchev–Trinajstić information content (AvgIpc) is 2.95. The van der Waals surface area contributed by atoms with Crippen molar-refractivity contribution in [2.75, 3.05) is 36.5 Å². The first kappa shape index (κ1) is 14.9. The molecule has 21 heavy (non-hydrogen) atoms. The van der Waals surface area contributed by atoms with Crippen molar-refractivity contribution in [3.63, 3.8) is 0 Å². The summed E-state index contributed by atoms with van der Waals surface area (Å²) in [6.07, 6.45) is 0. The van der Waals surface area contributed by atoms with E-state index in [9.17, 15) is 0 Å². The van der Waals surface area contributed by atoms with Gasteiger partial charge < -0.3 is 15.0 Å². The van der Waals surface area contributed by atoms with Gasteiger partial charge in [-0.25, -0.2) is 0 Å². The van der Waals surface area contributed by atoms with Gasteiger partial charge in [0, 0.05) is 33.8 Å². The third kappa shape index (κ3) is 3.59. The molecular weight excluding hydrogens is 348 g/mol. The Bertz CT molecular complexity index is 578. The van der Waals surface area contributed by atoms with Crippen molar-refractivity contribution in [1.29, 1.82) is 0 Å². The van der Waals surface area contributed by atoms with E-state index in [1.165, 1.54) is 15.0 Å². The summed E-state index contributed by atoms with van der Waals surface area (Å²) >= 11 is 5.37. The molecule has 3 rings (SSSR count). The zero-order valence-electron chi connectivity index (χ0n) is 12.0. The Kier molecular flexibility index (Phi) is 4.83. The number of halogens is 1. The van der Waals surface area contributed by atoms with Gasteiger partial charge in [0.1, 0.15) is 0 Å². The van der Waals surface area contributed by atoms with Crippen LogP contribution in [0.4, 0.5) is 11.4 Å². The van der Waals surface area contributed by atoms with Crippen molar-refractivity contribution in [1.82, 2.24) is 0 Å². The number of morpholine rings is 1. The highest BCUT2D eigenvalue weighted by molar-refractivity contribution is 9.10. The highest BCUT2D eigenvalue weighted by Gasteiger charge is 2.12. The molecule has 112 valence electrons. The molecule has 0 saturated carbocycles. The number of thiophene rings is 1. The summed E-state index contributed by atoms with van der Waals surface area (Å²) < 4.78 is 6.57. The predicted octanol–water partition coefficient (Wildman–Crippen LogP) is 4.52. The number of ether oxygens (including phenoxy) is 1. The number of nitrogens with one attached hydrogen (secondary N) is 1. The second-order valence-corrected chi connectivity index (χ2v) is 6.95. The maximum atomic E-state index is 5.39. The number of hydrogen-bond donors (Lipinski definition) is 1. The van der Waals surface area contributed by atoms with E-state index in [0.717, 1.165) is 32.0 Å². The minimum absolute atomic E-state index is 0.300. The number of anilines is 2. The van der Waals surface area contributed by atoms with Crippen molar-refractivity contribution < 1.29 is 4.74 Å². The topological polar surface area (TPSA) is 24.5 Å². The highest BCUT2D eigenvalue weighted by atomic mass is 79.9. The van der Waals surface area contributed by atoms with Crippen molar-refractivity contribution in [3.8, 4) is 0 Å². The summed E-state index contributed by atoms with van der Waals surface area (Å²) in [5.41, 5.74) is 2.42. The monoisotopic (exact) mass is 366 g/mol. The van der Waals surface area contributed by atoms with Gasteiger partial charge >= 0.3 is 0 Å². The van der Waals surface area contributed by atoms with Crippen LogP contribution in [0, 0.1) is 0 Å². The minimum Gasteiger partial charge on any atom is -0.378 e. The second-order valence-electron chi connectivity index (χ2n) is 5.15. The fourth-order valence-electron chi connectivity index (χ4n) is 2.52. The Hall–Kier alpha value is -1.04. The Morgan fingerprint density at radius 3 is 2.52 bits per heavy atom. The molecule has 0 bridgehead atoms. The Morgan fingerprint density at radius 1 is 1.19 bits per heavy atom. The van der Waals surface area contributed by atoms with Gasteiger partial charge in [0.15, 0.2) is 0 Å². The number of nitrogens with zero attached hydrogens (tertiary/aromatic N) is 1. The van der Waals surface area contributed by atoms with Crippen molar-refractivity contribution in [3.05, 3.63) is 45.1 Å². The molecule has 1 aliphatic rings. The van der Waals surface area contributed by atoms with Crippen LogP contribution in [-0.2, 0) is 4.74 Å². The molecule has 1 unspecified atom stereocenters. The van der Waals surface area contributed by atoms with E-state index in [1.807, 2.05) is 0 Å². The third-order valence-corrected chi connectivity index (χ3v) is 5.72. The summed E-state index contributed by atoms with van der Waals surface area (Å²) in [6, 6.07) is 11.1. The quantitative estimate of drug-likeness (QED) is 0.860. The van der Waals surface area contributed by atoms with Gasteiger partial charge in [-0.15, -0.1) is 11.3 Å². The predicted molar refractivity (Wildman–Crippen MR) is 93.5 cm³/mol. The first-order chi connectivity index (χ1) is 10.2. The minimum atomic E-state index is 0.300. The van der Waals surface area contributed by atoms with Gasteiger partial charge in [-0.3, -0.25) is 0 Å². The fraction of sp³-hybridized carbons (Fsp3) is 0.375. The molecular formula is C16H19BrN2OS. The lowest BCUT2D eigenvalue weighted by Crippen LogP contribution is -2.36. The lowest BCUT2D eigenvalue weighted by Gasteiger charge is -2.29. The van der Waals surface area contributed by atoms with Gasteiger partial charge in [0.2, 0.25) is 0 Å². The Labute approximate surface area is 138 Å². The SMILES string of the molecule is CC(Nc1ccc(N2CCOCC2)cc1)c1sccc1Br. The average molecular weight is 367 g/mol. The van der Waals surface area contributed by atoms with E-state index in [1.54, 1.807) is 11.3 Å². The molecule has 1 N–H and O–H groups in total. The summed E-state index contributed by atoms with van der Waals surface area (Å²) in [6.45, 7) is 5.79. The van der Waals surface area contributed by atoms with Gasteiger partial charge in [-0.05, 0) is 58.6 Å². The summed E-state index contributed by atoms with van der Waals surface area (Å²) in [5.74, 6) is 0. The number of benzene rings is 1. The summed E-state index contributed by atoms with van der Waals surface area (Å²) in [4.78, 5) is 3.69. The van der Waals surface area contributed by atoms with Crippen LogP contribution in [0.15, 0.2) is 40.2 Å². The van der Waals surface area contributed by atoms with E-state index in [2.05, 4.69) is 68.8 Å². The van der Waals surface area contributed by atoms with Gasteiger partial charge in [0.05, 0.1) is 19.3 Å². The lowest BCUT2D eigenvalue weighted by atomic mass is 10.2. The van der Waals surface area contributed by atoms with Crippen LogP contribution in [0.25, 0.3) is 0 Å². The molecule has 1 saturated heterocycles. The van der Waals surface area contributed by atoms with Gasteiger partial charge in [0.25, 0.3) is 0 Å². The zero-order chi connectivity index (χ0) is 14.7. The van der Waals surface area contributed by atoms with E-state index in [-0.39, 0.29) is 0 Å². The largest absolute Gasteiger partial charge is 0.378 e. The molecule has 3 nitrogen and oxygen atoms in total. The maximum absolute atomic E-state index is 5.39. The van der Waals surface area contributed by atoms with Gasteiger partial charge in [-0.2, -0.15) is 0 Å². The van der Waals surface area contributed by atoms with Crippen molar-refractivity contribution in [2.24, 2.45) is 0 Å². The highest BCUT2D eigenvalue weighted by Crippen LogP contribution is 2.31. The molecule has 1 aromatic heterocycles. The van der Waals surface area contributed by atoms with E-state index in [0.29, 0.717) is 6.04 Å². The number of rotatable bonds is 4. The molecule has 0 radical (unpaired) electrons. The van der Waals surface area contributed by atoms with E-state index in [4.69, 9.17) is 4.74 Å². The molecule has 1 atom stereocenters. The molecule has 1 fully saturated rings. The normalized spacial score (nSPS) is 16.8. The standard InChI is InChI=1S/C16H19BrN2OS/c1-12(16-15(17)6-11-21-16)18-13-2-4-14(5-3-13)19-7-9-20-10-8-19/h2-6,11-12,18H,7-10H2,1H3. The van der Waals surface area contributed by atoms with Crippen LogP contribution in [0.2, 0.25) is 0 Å². The molecule has 0 aliphatic carbocycles. The smallest absolute Gasteiger partial charge is 0.0642 e. The van der Waals surface area contributed by atoms with Crippen LogP contribution in [0.1, 0.15) is 17.8 Å². The van der Waals surface area contributed by atoms with Crippen LogP contribution < -0.4 is 10.2 Å². The van der Waals surface area contributed by atoms with Gasteiger partial charge in [-0.1, -0.05) is 0 Å². The first-order valence-electron chi connectivity index (χ1n) is 7.16. The van der Waals surface area contributed by atoms with Crippen LogP contribution >= 0.6 is 27.3 Å².